The normalized spacial score (nSPS) is 20.6. The van der Waals surface area contributed by atoms with E-state index in [0.29, 0.717) is 0 Å². The Morgan fingerprint density at radius 3 is 0.786 bits per heavy atom. The van der Waals surface area contributed by atoms with Crippen LogP contribution in [-0.4, -0.2) is 26.4 Å². The van der Waals surface area contributed by atoms with Crippen LogP contribution in [0.15, 0.2) is 0 Å². The van der Waals surface area contributed by atoms with Crippen LogP contribution >= 0.6 is 0 Å². The number of rotatable bonds is 0. The van der Waals surface area contributed by atoms with Gasteiger partial charge in [0.15, 0.2) is 0 Å². The predicted octanol–water partition coefficient (Wildman–Crippen LogP) is -3.62. The van der Waals surface area contributed by atoms with Crippen LogP contribution in [-0.2, 0) is 9.47 Å². The summed E-state index contributed by atoms with van der Waals surface area (Å²) in [7, 11) is 0. The summed E-state index contributed by atoms with van der Waals surface area (Å²) < 4.78 is 10.1. The van der Waals surface area contributed by atoms with E-state index in [1.54, 1.807) is 0 Å². The fourth-order valence-electron chi connectivity index (χ4n) is 1.37. The highest BCUT2D eigenvalue weighted by atomic mass is 35.5. The summed E-state index contributed by atoms with van der Waals surface area (Å²) in [4.78, 5) is 0. The molecule has 0 radical (unpaired) electrons. The molecule has 0 aliphatic carbocycles. The molecule has 2 aliphatic rings. The van der Waals surface area contributed by atoms with Crippen molar-refractivity contribution in [3.05, 3.63) is 0 Å². The van der Waals surface area contributed by atoms with Gasteiger partial charge in [0.25, 0.3) is 0 Å². The fourth-order valence-corrected chi connectivity index (χ4v) is 1.37. The minimum atomic E-state index is 0. The van der Waals surface area contributed by atoms with E-state index in [1.807, 2.05) is 0 Å². The summed E-state index contributed by atoms with van der Waals surface area (Å²) in [6.45, 7) is 4.00. The zero-order chi connectivity index (χ0) is 8.49. The average molecular weight is 243 g/mol. The van der Waals surface area contributed by atoms with E-state index in [4.69, 9.17) is 9.47 Å². The Balaban J connectivity index is 0. The van der Waals surface area contributed by atoms with Gasteiger partial charge in [-0.05, 0) is 38.5 Å². The second-order valence-electron chi connectivity index (χ2n) is 3.35. The van der Waals surface area contributed by atoms with Gasteiger partial charge in [0.2, 0.25) is 0 Å². The lowest BCUT2D eigenvalue weighted by atomic mass is 10.2. The molecule has 0 N–H and O–H groups in total. The molecular formula is C10H20Cl2O2-2. The first-order chi connectivity index (χ1) is 6.00. The van der Waals surface area contributed by atoms with Gasteiger partial charge >= 0.3 is 0 Å². The molecule has 0 bridgehead atoms. The van der Waals surface area contributed by atoms with Crippen molar-refractivity contribution in [2.24, 2.45) is 0 Å². The SMILES string of the molecule is C1CCOCC1.C1CCOCC1.[Cl-].[Cl-]. The highest BCUT2D eigenvalue weighted by Crippen LogP contribution is 2.02. The quantitative estimate of drug-likeness (QED) is 0.437. The van der Waals surface area contributed by atoms with E-state index < -0.39 is 0 Å². The number of hydrogen-bond donors (Lipinski definition) is 0. The van der Waals surface area contributed by atoms with Crippen molar-refractivity contribution in [2.75, 3.05) is 26.4 Å². The van der Waals surface area contributed by atoms with Crippen LogP contribution in [0.1, 0.15) is 38.5 Å². The van der Waals surface area contributed by atoms with Crippen molar-refractivity contribution in [3.8, 4) is 0 Å². The van der Waals surface area contributed by atoms with Crippen molar-refractivity contribution in [1.29, 1.82) is 0 Å². The zero-order valence-corrected chi connectivity index (χ0v) is 10.2. The Morgan fingerprint density at radius 1 is 0.429 bits per heavy atom. The minimum Gasteiger partial charge on any atom is -1.00 e. The molecular weight excluding hydrogens is 223 g/mol. The molecule has 0 aromatic heterocycles. The van der Waals surface area contributed by atoms with Crippen molar-refractivity contribution in [1.82, 2.24) is 0 Å². The summed E-state index contributed by atoms with van der Waals surface area (Å²) in [5.74, 6) is 0. The van der Waals surface area contributed by atoms with Gasteiger partial charge in [-0.3, -0.25) is 0 Å². The van der Waals surface area contributed by atoms with Gasteiger partial charge in [0.1, 0.15) is 0 Å². The first-order valence-corrected chi connectivity index (χ1v) is 5.15. The molecule has 88 valence electrons. The topological polar surface area (TPSA) is 18.5 Å². The van der Waals surface area contributed by atoms with Crippen molar-refractivity contribution in [2.45, 2.75) is 38.5 Å². The molecule has 0 atom stereocenters. The van der Waals surface area contributed by atoms with Crippen LogP contribution in [0.5, 0.6) is 0 Å². The molecule has 0 spiro atoms. The summed E-state index contributed by atoms with van der Waals surface area (Å²) in [6, 6.07) is 0. The maximum absolute atomic E-state index is 5.07. The Kier molecular flexibility index (Phi) is 16.3. The largest absolute Gasteiger partial charge is 1.00 e. The molecule has 0 aromatic rings. The van der Waals surface area contributed by atoms with Gasteiger partial charge in [-0.25, -0.2) is 0 Å². The number of halogens is 2. The van der Waals surface area contributed by atoms with Gasteiger partial charge < -0.3 is 34.3 Å². The first kappa shape index (κ1) is 16.9. The van der Waals surface area contributed by atoms with Crippen LogP contribution in [0, 0.1) is 0 Å². The summed E-state index contributed by atoms with van der Waals surface area (Å²) in [5, 5.41) is 0. The summed E-state index contributed by atoms with van der Waals surface area (Å²) in [6.07, 6.45) is 7.86. The Bertz CT molecular complexity index is 59.1. The van der Waals surface area contributed by atoms with Crippen LogP contribution < -0.4 is 24.8 Å². The molecule has 0 saturated carbocycles. The third kappa shape index (κ3) is 10.6. The van der Waals surface area contributed by atoms with Crippen molar-refractivity contribution in [3.63, 3.8) is 0 Å². The highest BCUT2D eigenvalue weighted by molar-refractivity contribution is 4.45. The molecule has 2 rings (SSSR count). The fraction of sp³-hybridized carbons (Fsp3) is 1.00. The lowest BCUT2D eigenvalue weighted by molar-refractivity contribution is -0.001000. The molecule has 4 heteroatoms. The minimum absolute atomic E-state index is 0. The Morgan fingerprint density at radius 2 is 0.714 bits per heavy atom. The van der Waals surface area contributed by atoms with Crippen molar-refractivity contribution < 1.29 is 34.3 Å². The molecule has 0 unspecified atom stereocenters. The molecule has 2 heterocycles. The maximum Gasteiger partial charge on any atom is 0.0466 e. The third-order valence-electron chi connectivity index (χ3n) is 2.15. The monoisotopic (exact) mass is 242 g/mol. The standard InChI is InChI=1S/2C5H10O.2ClH/c2*1-2-4-6-5-3-1;;/h2*1-5H2;2*1H/p-2. The van der Waals surface area contributed by atoms with E-state index in [2.05, 4.69) is 0 Å². The summed E-state index contributed by atoms with van der Waals surface area (Å²) >= 11 is 0. The molecule has 14 heavy (non-hydrogen) atoms. The van der Waals surface area contributed by atoms with Gasteiger partial charge in [-0.15, -0.1) is 0 Å². The molecule has 2 saturated heterocycles. The van der Waals surface area contributed by atoms with Gasteiger partial charge in [0.05, 0.1) is 0 Å². The van der Waals surface area contributed by atoms with Crippen LogP contribution in [0.25, 0.3) is 0 Å². The average Bonchev–Trinajstić information content (AvgIpc) is 2.24. The highest BCUT2D eigenvalue weighted by Gasteiger charge is 1.95. The van der Waals surface area contributed by atoms with E-state index >= 15 is 0 Å². The van der Waals surface area contributed by atoms with Crippen LogP contribution in [0.2, 0.25) is 0 Å². The predicted molar refractivity (Wildman–Crippen MR) is 49.3 cm³/mol. The molecule has 2 nitrogen and oxygen atoms in total. The number of ether oxygens (including phenoxy) is 2. The molecule has 0 aromatic carbocycles. The van der Waals surface area contributed by atoms with E-state index in [-0.39, 0.29) is 24.8 Å². The van der Waals surface area contributed by atoms with Gasteiger partial charge in [-0.2, -0.15) is 0 Å². The molecule has 0 amide bonds. The molecule has 2 fully saturated rings. The lowest BCUT2D eigenvalue weighted by Crippen LogP contribution is -3.00. The smallest absolute Gasteiger partial charge is 0.0466 e. The van der Waals surface area contributed by atoms with Crippen molar-refractivity contribution >= 4 is 0 Å². The number of hydrogen-bond acceptors (Lipinski definition) is 2. The first-order valence-electron chi connectivity index (χ1n) is 5.15. The van der Waals surface area contributed by atoms with Gasteiger partial charge in [0, 0.05) is 26.4 Å². The van der Waals surface area contributed by atoms with Crippen LogP contribution in [0.3, 0.4) is 0 Å². The second-order valence-corrected chi connectivity index (χ2v) is 3.35. The summed E-state index contributed by atoms with van der Waals surface area (Å²) in [5.41, 5.74) is 0. The second kappa shape index (κ2) is 13.5. The third-order valence-corrected chi connectivity index (χ3v) is 2.15. The Labute approximate surface area is 99.6 Å². The van der Waals surface area contributed by atoms with Gasteiger partial charge in [-0.1, -0.05) is 0 Å². The van der Waals surface area contributed by atoms with Crippen LogP contribution in [0.4, 0.5) is 0 Å². The Hall–Kier alpha value is 0.500. The van der Waals surface area contributed by atoms with E-state index in [1.165, 1.54) is 38.5 Å². The molecule has 2 aliphatic heterocycles. The van der Waals surface area contributed by atoms with E-state index in [9.17, 15) is 0 Å². The van der Waals surface area contributed by atoms with E-state index in [0.717, 1.165) is 26.4 Å². The lowest BCUT2D eigenvalue weighted by Gasteiger charge is -2.08. The zero-order valence-electron chi connectivity index (χ0n) is 8.64. The maximum atomic E-state index is 5.07.